The molecule has 0 atom stereocenters. The van der Waals surface area contributed by atoms with E-state index in [0.29, 0.717) is 37.3 Å². The van der Waals surface area contributed by atoms with Crippen LogP contribution < -0.4 is 11.1 Å². The quantitative estimate of drug-likeness (QED) is 0.308. The first-order chi connectivity index (χ1) is 15.6. The van der Waals surface area contributed by atoms with Gasteiger partial charge in [-0.3, -0.25) is 4.98 Å². The lowest BCUT2D eigenvalue weighted by Gasteiger charge is -2.09. The molecule has 10 heteroatoms. The molecule has 0 bridgehead atoms. The van der Waals surface area contributed by atoms with Gasteiger partial charge in [-0.2, -0.15) is 9.97 Å². The van der Waals surface area contributed by atoms with Crippen LogP contribution in [0.3, 0.4) is 0 Å². The normalized spacial score (nSPS) is 10.9. The van der Waals surface area contributed by atoms with Crippen molar-refractivity contribution in [2.24, 2.45) is 0 Å². The topological polar surface area (TPSA) is 121 Å². The third-order valence-electron chi connectivity index (χ3n) is 4.81. The van der Waals surface area contributed by atoms with Gasteiger partial charge in [0, 0.05) is 24.8 Å². The van der Waals surface area contributed by atoms with Crippen LogP contribution in [0.1, 0.15) is 18.4 Å². The number of fused-ring (bicyclic) bond motifs is 1. The first kappa shape index (κ1) is 21.5. The number of unbranched alkanes of at least 4 members (excludes halogenated alkanes) is 1. The summed E-state index contributed by atoms with van der Waals surface area (Å²) in [5.41, 5.74) is 9.78. The average Bonchev–Trinajstić information content (AvgIpc) is 3.21. The number of rotatable bonds is 8. The number of alkyl carbamates (subject to hydrolysis) is 1. The fourth-order valence-corrected chi connectivity index (χ4v) is 3.42. The van der Waals surface area contributed by atoms with E-state index in [9.17, 15) is 4.79 Å². The SMILES string of the molecule is Nc1nc(Cl)nc2c1ncn2CCCCOC(=O)NCc1cccc(-c2ccccn2)c1. The second-order valence-corrected chi connectivity index (χ2v) is 7.44. The molecular weight excluding hydrogens is 430 g/mol. The Bertz CT molecular complexity index is 1210. The van der Waals surface area contributed by atoms with Crippen LogP contribution in [0.4, 0.5) is 10.6 Å². The molecule has 164 valence electrons. The summed E-state index contributed by atoms with van der Waals surface area (Å²) in [4.78, 5) is 28.6. The Balaban J connectivity index is 1.20. The minimum absolute atomic E-state index is 0.0855. The van der Waals surface area contributed by atoms with Gasteiger partial charge < -0.3 is 20.4 Å². The smallest absolute Gasteiger partial charge is 0.407 e. The molecule has 0 aliphatic rings. The Hall–Kier alpha value is -3.72. The van der Waals surface area contributed by atoms with Gasteiger partial charge in [-0.25, -0.2) is 9.78 Å². The van der Waals surface area contributed by atoms with Gasteiger partial charge in [-0.1, -0.05) is 24.3 Å². The van der Waals surface area contributed by atoms with Gasteiger partial charge in [-0.05, 0) is 48.2 Å². The number of nitrogen functional groups attached to an aromatic ring is 1. The summed E-state index contributed by atoms with van der Waals surface area (Å²) in [5, 5.41) is 2.86. The molecule has 9 nitrogen and oxygen atoms in total. The predicted octanol–water partition coefficient (Wildman–Crippen LogP) is 3.83. The number of hydrogen-bond acceptors (Lipinski definition) is 7. The van der Waals surface area contributed by atoms with Crippen molar-refractivity contribution in [3.05, 3.63) is 65.8 Å². The molecule has 4 rings (SSSR count). The molecule has 1 aromatic carbocycles. The number of aryl methyl sites for hydroxylation is 1. The van der Waals surface area contributed by atoms with Crippen molar-refractivity contribution in [2.45, 2.75) is 25.9 Å². The molecule has 0 fully saturated rings. The van der Waals surface area contributed by atoms with Gasteiger partial charge >= 0.3 is 6.09 Å². The highest BCUT2D eigenvalue weighted by molar-refractivity contribution is 6.28. The van der Waals surface area contributed by atoms with Crippen LogP contribution in [-0.2, 0) is 17.8 Å². The summed E-state index contributed by atoms with van der Waals surface area (Å²) in [6, 6.07) is 13.6. The van der Waals surface area contributed by atoms with Crippen molar-refractivity contribution >= 4 is 34.7 Å². The van der Waals surface area contributed by atoms with E-state index in [-0.39, 0.29) is 11.1 Å². The summed E-state index contributed by atoms with van der Waals surface area (Å²) in [6.45, 7) is 1.33. The third-order valence-corrected chi connectivity index (χ3v) is 4.98. The fourth-order valence-electron chi connectivity index (χ4n) is 3.25. The predicted molar refractivity (Wildman–Crippen MR) is 122 cm³/mol. The Labute approximate surface area is 189 Å². The van der Waals surface area contributed by atoms with Crippen molar-refractivity contribution in [3.63, 3.8) is 0 Å². The molecule has 0 aliphatic carbocycles. The summed E-state index contributed by atoms with van der Waals surface area (Å²) in [7, 11) is 0. The second kappa shape index (κ2) is 10.1. The number of amides is 1. The first-order valence-corrected chi connectivity index (χ1v) is 10.5. The van der Waals surface area contributed by atoms with E-state index in [1.807, 2.05) is 47.0 Å². The van der Waals surface area contributed by atoms with Crippen LogP contribution in [0.15, 0.2) is 55.0 Å². The van der Waals surface area contributed by atoms with Crippen molar-refractivity contribution in [1.82, 2.24) is 29.8 Å². The number of anilines is 1. The number of nitrogens with zero attached hydrogens (tertiary/aromatic N) is 5. The number of hydrogen-bond donors (Lipinski definition) is 2. The van der Waals surface area contributed by atoms with E-state index in [4.69, 9.17) is 22.1 Å². The summed E-state index contributed by atoms with van der Waals surface area (Å²) >= 11 is 5.87. The monoisotopic (exact) mass is 451 g/mol. The number of carbonyl (C=O) groups is 1. The zero-order chi connectivity index (χ0) is 22.3. The van der Waals surface area contributed by atoms with Gasteiger partial charge in [0.15, 0.2) is 11.5 Å². The van der Waals surface area contributed by atoms with Crippen LogP contribution in [0, 0.1) is 0 Å². The largest absolute Gasteiger partial charge is 0.450 e. The maximum atomic E-state index is 12.0. The maximum Gasteiger partial charge on any atom is 0.407 e. The number of imidazole rings is 1. The lowest BCUT2D eigenvalue weighted by Crippen LogP contribution is -2.24. The third kappa shape index (κ3) is 5.30. The highest BCUT2D eigenvalue weighted by Crippen LogP contribution is 2.19. The van der Waals surface area contributed by atoms with Crippen LogP contribution >= 0.6 is 11.6 Å². The number of nitrogens with two attached hydrogens (primary N) is 1. The minimum Gasteiger partial charge on any atom is -0.450 e. The Morgan fingerprint density at radius 3 is 2.88 bits per heavy atom. The van der Waals surface area contributed by atoms with E-state index >= 15 is 0 Å². The van der Waals surface area contributed by atoms with E-state index < -0.39 is 6.09 Å². The molecule has 32 heavy (non-hydrogen) atoms. The standard InChI is InChI=1S/C22H22ClN7O2/c23-21-28-19(24)18-20(29-21)30(14-27-18)10-3-4-11-32-22(31)26-13-15-6-5-7-16(12-15)17-8-1-2-9-25-17/h1-2,5-9,12,14H,3-4,10-11,13H2,(H,26,31)(H2,24,28,29). The van der Waals surface area contributed by atoms with Crippen molar-refractivity contribution in [1.29, 1.82) is 0 Å². The average molecular weight is 452 g/mol. The minimum atomic E-state index is -0.450. The molecule has 3 N–H and O–H groups in total. The van der Waals surface area contributed by atoms with Crippen LogP contribution in [0.2, 0.25) is 5.28 Å². The highest BCUT2D eigenvalue weighted by Gasteiger charge is 2.10. The van der Waals surface area contributed by atoms with Gasteiger partial charge in [0.2, 0.25) is 5.28 Å². The van der Waals surface area contributed by atoms with E-state index in [2.05, 4.69) is 25.3 Å². The molecule has 0 spiro atoms. The Morgan fingerprint density at radius 1 is 1.12 bits per heavy atom. The lowest BCUT2D eigenvalue weighted by molar-refractivity contribution is 0.143. The molecule has 0 unspecified atom stereocenters. The van der Waals surface area contributed by atoms with Gasteiger partial charge in [0.1, 0.15) is 5.52 Å². The Kier molecular flexibility index (Phi) is 6.76. The molecular formula is C22H22ClN7O2. The lowest BCUT2D eigenvalue weighted by atomic mass is 10.1. The Morgan fingerprint density at radius 2 is 2.03 bits per heavy atom. The summed E-state index contributed by atoms with van der Waals surface area (Å²) in [5.74, 6) is 0.254. The van der Waals surface area contributed by atoms with E-state index in [0.717, 1.165) is 23.2 Å². The molecule has 0 radical (unpaired) electrons. The first-order valence-electron chi connectivity index (χ1n) is 10.1. The van der Waals surface area contributed by atoms with Crippen molar-refractivity contribution < 1.29 is 9.53 Å². The number of benzene rings is 1. The van der Waals surface area contributed by atoms with Crippen LogP contribution in [0.5, 0.6) is 0 Å². The number of aromatic nitrogens is 5. The second-order valence-electron chi connectivity index (χ2n) is 7.10. The van der Waals surface area contributed by atoms with E-state index in [1.54, 1.807) is 12.5 Å². The highest BCUT2D eigenvalue weighted by atomic mass is 35.5. The number of nitrogens with one attached hydrogen (secondary N) is 1. The number of ether oxygens (including phenoxy) is 1. The zero-order valence-electron chi connectivity index (χ0n) is 17.2. The number of pyridine rings is 1. The molecule has 1 amide bonds. The summed E-state index contributed by atoms with van der Waals surface area (Å²) in [6.07, 6.45) is 4.42. The van der Waals surface area contributed by atoms with Gasteiger partial charge in [-0.15, -0.1) is 0 Å². The van der Waals surface area contributed by atoms with Gasteiger partial charge in [0.05, 0.1) is 18.6 Å². The van der Waals surface area contributed by atoms with Crippen molar-refractivity contribution in [3.8, 4) is 11.3 Å². The number of carbonyl (C=O) groups excluding carboxylic acids is 1. The molecule has 0 saturated heterocycles. The van der Waals surface area contributed by atoms with Crippen LogP contribution in [0.25, 0.3) is 22.4 Å². The molecule has 0 saturated carbocycles. The van der Waals surface area contributed by atoms with E-state index in [1.165, 1.54) is 0 Å². The molecule has 3 aromatic heterocycles. The number of halogens is 1. The summed E-state index contributed by atoms with van der Waals surface area (Å²) < 4.78 is 7.12. The molecule has 0 aliphatic heterocycles. The van der Waals surface area contributed by atoms with Gasteiger partial charge in [0.25, 0.3) is 0 Å². The fraction of sp³-hybridized carbons (Fsp3) is 0.227. The van der Waals surface area contributed by atoms with Crippen LogP contribution in [-0.4, -0.2) is 37.2 Å². The molecule has 3 heterocycles. The van der Waals surface area contributed by atoms with Crippen molar-refractivity contribution in [2.75, 3.05) is 12.3 Å². The zero-order valence-corrected chi connectivity index (χ0v) is 18.0. The maximum absolute atomic E-state index is 12.0. The molecule has 4 aromatic rings.